The molecule has 1 N–H and O–H groups in total. The van der Waals surface area contributed by atoms with Gasteiger partial charge in [0.25, 0.3) is 5.91 Å². The molecule has 0 aliphatic heterocycles. The second-order valence-corrected chi connectivity index (χ2v) is 6.12. The van der Waals surface area contributed by atoms with E-state index in [1.807, 2.05) is 65.5 Å². The summed E-state index contributed by atoms with van der Waals surface area (Å²) in [6.45, 7) is 0. The molecule has 1 amide bonds. The van der Waals surface area contributed by atoms with E-state index < -0.39 is 0 Å². The number of hydrogen-bond donors (Lipinski definition) is 1. The molecule has 1 aliphatic carbocycles. The molecule has 0 spiro atoms. The molecule has 2 aromatic carbocycles. The Bertz CT molecular complexity index is 926. The molecular formula is C21H19N3O. The third-order valence-electron chi connectivity index (χ3n) is 4.51. The number of hydrogen-bond acceptors (Lipinski definition) is 2. The highest BCUT2D eigenvalue weighted by molar-refractivity contribution is 6.04. The second-order valence-electron chi connectivity index (χ2n) is 6.12. The lowest BCUT2D eigenvalue weighted by atomic mass is 9.90. The van der Waals surface area contributed by atoms with E-state index >= 15 is 0 Å². The monoisotopic (exact) mass is 329 g/mol. The second kappa shape index (κ2) is 6.77. The van der Waals surface area contributed by atoms with Crippen LogP contribution in [0.1, 0.15) is 34.3 Å². The first-order valence-corrected chi connectivity index (χ1v) is 8.50. The van der Waals surface area contributed by atoms with Crippen LogP contribution < -0.4 is 5.43 Å². The van der Waals surface area contributed by atoms with Gasteiger partial charge in [0.05, 0.1) is 17.0 Å². The van der Waals surface area contributed by atoms with Gasteiger partial charge in [-0.05, 0) is 49.1 Å². The Morgan fingerprint density at radius 3 is 2.56 bits per heavy atom. The Balaban J connectivity index is 1.60. The first-order chi connectivity index (χ1) is 12.3. The molecule has 4 rings (SSSR count). The molecule has 1 aliphatic rings. The number of benzene rings is 2. The third kappa shape index (κ3) is 3.11. The Kier molecular flexibility index (Phi) is 4.17. The van der Waals surface area contributed by atoms with Crippen molar-refractivity contribution in [3.8, 4) is 5.69 Å². The van der Waals surface area contributed by atoms with Crippen molar-refractivity contribution in [1.82, 2.24) is 9.99 Å². The van der Waals surface area contributed by atoms with Crippen LogP contribution in [0.2, 0.25) is 0 Å². The maximum atomic E-state index is 12.7. The van der Waals surface area contributed by atoms with Gasteiger partial charge in [-0.1, -0.05) is 36.4 Å². The zero-order chi connectivity index (χ0) is 17.1. The van der Waals surface area contributed by atoms with Gasteiger partial charge >= 0.3 is 0 Å². The van der Waals surface area contributed by atoms with Crippen molar-refractivity contribution >= 4 is 11.6 Å². The normalized spacial score (nSPS) is 15.0. The van der Waals surface area contributed by atoms with E-state index in [0.717, 1.165) is 36.2 Å². The summed E-state index contributed by atoms with van der Waals surface area (Å²) in [4.78, 5) is 12.7. The maximum Gasteiger partial charge on any atom is 0.273 e. The topological polar surface area (TPSA) is 46.4 Å². The quantitative estimate of drug-likeness (QED) is 0.727. The Labute approximate surface area is 146 Å². The van der Waals surface area contributed by atoms with Crippen molar-refractivity contribution in [2.45, 2.75) is 19.3 Å². The molecule has 1 aromatic heterocycles. The average Bonchev–Trinajstić information content (AvgIpc) is 3.21. The van der Waals surface area contributed by atoms with E-state index in [-0.39, 0.29) is 5.91 Å². The van der Waals surface area contributed by atoms with Crippen LogP contribution in [-0.2, 0) is 6.42 Å². The molecule has 3 aromatic rings. The number of fused-ring (bicyclic) bond motifs is 1. The molecule has 0 bridgehead atoms. The van der Waals surface area contributed by atoms with Gasteiger partial charge in [0.2, 0.25) is 0 Å². The molecule has 25 heavy (non-hydrogen) atoms. The number of aromatic nitrogens is 1. The summed E-state index contributed by atoms with van der Waals surface area (Å²) in [5, 5.41) is 4.43. The molecule has 4 nitrogen and oxygen atoms in total. The lowest BCUT2D eigenvalue weighted by molar-refractivity contribution is 0.0954. The van der Waals surface area contributed by atoms with E-state index in [4.69, 9.17) is 0 Å². The van der Waals surface area contributed by atoms with Crippen LogP contribution in [-0.4, -0.2) is 16.2 Å². The van der Waals surface area contributed by atoms with E-state index in [2.05, 4.69) is 22.7 Å². The summed E-state index contributed by atoms with van der Waals surface area (Å²) in [5.74, 6) is -0.195. The maximum absolute atomic E-state index is 12.7. The minimum Gasteiger partial charge on any atom is -0.323 e. The van der Waals surface area contributed by atoms with Gasteiger partial charge in [0.15, 0.2) is 0 Å². The van der Waals surface area contributed by atoms with Crippen molar-refractivity contribution in [3.05, 3.63) is 89.7 Å². The minimum absolute atomic E-state index is 0.195. The van der Waals surface area contributed by atoms with Gasteiger partial charge in [-0.25, -0.2) is 5.43 Å². The average molecular weight is 329 g/mol. The number of nitrogens with one attached hydrogen (secondary N) is 1. The molecule has 0 unspecified atom stereocenters. The first kappa shape index (κ1) is 15.4. The fraction of sp³-hybridized carbons (Fsp3) is 0.143. The van der Waals surface area contributed by atoms with Crippen molar-refractivity contribution < 1.29 is 4.79 Å². The fourth-order valence-corrected chi connectivity index (χ4v) is 3.28. The van der Waals surface area contributed by atoms with E-state index in [9.17, 15) is 4.79 Å². The van der Waals surface area contributed by atoms with Crippen LogP contribution >= 0.6 is 0 Å². The molecule has 124 valence electrons. The van der Waals surface area contributed by atoms with E-state index in [1.165, 1.54) is 5.56 Å². The van der Waals surface area contributed by atoms with Crippen LogP contribution in [0.3, 0.4) is 0 Å². The molecule has 0 radical (unpaired) electrons. The highest BCUT2D eigenvalue weighted by atomic mass is 16.2. The van der Waals surface area contributed by atoms with E-state index in [1.54, 1.807) is 0 Å². The van der Waals surface area contributed by atoms with Crippen LogP contribution in [0.15, 0.2) is 78.2 Å². The Morgan fingerprint density at radius 2 is 1.68 bits per heavy atom. The number of hydrazone groups is 1. The highest BCUT2D eigenvalue weighted by Gasteiger charge is 2.16. The molecule has 0 saturated heterocycles. The van der Waals surface area contributed by atoms with Gasteiger partial charge in [-0.3, -0.25) is 4.79 Å². The summed E-state index contributed by atoms with van der Waals surface area (Å²) >= 11 is 0. The summed E-state index contributed by atoms with van der Waals surface area (Å²) < 4.78 is 1.93. The summed E-state index contributed by atoms with van der Waals surface area (Å²) in [6, 6.07) is 19.7. The predicted molar refractivity (Wildman–Crippen MR) is 99.2 cm³/mol. The Morgan fingerprint density at radius 1 is 0.920 bits per heavy atom. The molecule has 1 heterocycles. The fourth-order valence-electron chi connectivity index (χ4n) is 3.28. The SMILES string of the molecule is O=C(N/N=C1\CCCc2ccccc21)c1ccccc1-n1cccc1. The first-order valence-electron chi connectivity index (χ1n) is 8.50. The number of nitrogens with zero attached hydrogens (tertiary/aromatic N) is 2. The zero-order valence-electron chi connectivity index (χ0n) is 13.9. The Hall–Kier alpha value is -3.14. The van der Waals surface area contributed by atoms with Crippen LogP contribution in [0.4, 0.5) is 0 Å². The predicted octanol–water partition coefficient (Wildman–Crippen LogP) is 3.95. The third-order valence-corrected chi connectivity index (χ3v) is 4.51. The summed E-state index contributed by atoms with van der Waals surface area (Å²) in [7, 11) is 0. The minimum atomic E-state index is -0.195. The van der Waals surface area contributed by atoms with Crippen molar-refractivity contribution in [1.29, 1.82) is 0 Å². The number of rotatable bonds is 3. The van der Waals surface area contributed by atoms with Crippen LogP contribution in [0, 0.1) is 0 Å². The number of carbonyl (C=O) groups is 1. The van der Waals surface area contributed by atoms with Gasteiger partial charge in [-0.2, -0.15) is 5.10 Å². The highest BCUT2D eigenvalue weighted by Crippen LogP contribution is 2.21. The van der Waals surface area contributed by atoms with Gasteiger partial charge in [0, 0.05) is 18.0 Å². The number of para-hydroxylation sites is 1. The van der Waals surface area contributed by atoms with Gasteiger partial charge in [0.1, 0.15) is 0 Å². The van der Waals surface area contributed by atoms with Gasteiger partial charge < -0.3 is 4.57 Å². The van der Waals surface area contributed by atoms with Crippen molar-refractivity contribution in [2.75, 3.05) is 0 Å². The summed E-state index contributed by atoms with van der Waals surface area (Å²) in [6.07, 6.45) is 6.87. The zero-order valence-corrected chi connectivity index (χ0v) is 13.9. The molecular weight excluding hydrogens is 310 g/mol. The van der Waals surface area contributed by atoms with Crippen LogP contribution in [0.25, 0.3) is 5.69 Å². The number of carbonyl (C=O) groups excluding carboxylic acids is 1. The van der Waals surface area contributed by atoms with Crippen LogP contribution in [0.5, 0.6) is 0 Å². The number of aryl methyl sites for hydroxylation is 1. The molecule has 0 fully saturated rings. The number of amides is 1. The van der Waals surface area contributed by atoms with Crippen molar-refractivity contribution in [3.63, 3.8) is 0 Å². The smallest absolute Gasteiger partial charge is 0.273 e. The molecule has 0 saturated carbocycles. The van der Waals surface area contributed by atoms with Gasteiger partial charge in [-0.15, -0.1) is 0 Å². The lowest BCUT2D eigenvalue weighted by Gasteiger charge is -2.17. The largest absolute Gasteiger partial charge is 0.323 e. The van der Waals surface area contributed by atoms with Crippen molar-refractivity contribution in [2.24, 2.45) is 5.10 Å². The molecule has 0 atom stereocenters. The standard InChI is InChI=1S/C21H19N3O/c25-21(18-11-3-4-13-20(18)24-14-5-6-15-24)23-22-19-12-7-9-16-8-1-2-10-17(16)19/h1-6,8,10-11,13-15H,7,9,12H2,(H,23,25)/b22-19+. The summed E-state index contributed by atoms with van der Waals surface area (Å²) in [5.41, 5.74) is 7.59. The van der Waals surface area contributed by atoms with E-state index in [0.29, 0.717) is 5.56 Å². The lowest BCUT2D eigenvalue weighted by Crippen LogP contribution is -2.23. The molecule has 4 heteroatoms.